The average Bonchev–Trinajstić information content (AvgIpc) is 2.28. The number of rotatable bonds is 6. The highest BCUT2D eigenvalue weighted by molar-refractivity contribution is 9.12. The highest BCUT2D eigenvalue weighted by Gasteiger charge is 2.10. The number of nitrogens with one attached hydrogen (secondary N) is 1. The van der Waals surface area contributed by atoms with Crippen molar-refractivity contribution in [3.63, 3.8) is 0 Å². The topological polar surface area (TPSA) is 42.3 Å². The molecule has 0 saturated carbocycles. The highest BCUT2D eigenvalue weighted by atomic mass is 79.9. The molecule has 0 aromatic heterocycles. The molecule has 0 heterocycles. The van der Waals surface area contributed by atoms with Crippen molar-refractivity contribution in [3.8, 4) is 5.75 Å². The molecule has 0 unspecified atom stereocenters. The van der Waals surface area contributed by atoms with Gasteiger partial charge >= 0.3 is 0 Å². The third-order valence-electron chi connectivity index (χ3n) is 2.04. The van der Waals surface area contributed by atoms with Crippen molar-refractivity contribution >= 4 is 21.6 Å². The van der Waals surface area contributed by atoms with E-state index in [4.69, 9.17) is 14.9 Å². The quantitative estimate of drug-likeness (QED) is 0.648. The van der Waals surface area contributed by atoms with Gasteiger partial charge in [-0.3, -0.25) is 5.41 Å². The summed E-state index contributed by atoms with van der Waals surface area (Å²) in [6, 6.07) is 4.35. The van der Waals surface area contributed by atoms with E-state index in [0.29, 0.717) is 23.4 Å². The van der Waals surface area contributed by atoms with Crippen molar-refractivity contribution in [3.05, 3.63) is 40.6 Å². The van der Waals surface area contributed by atoms with Crippen molar-refractivity contribution in [2.24, 2.45) is 0 Å². The zero-order chi connectivity index (χ0) is 12.8. The Morgan fingerprint density at radius 1 is 1.47 bits per heavy atom. The van der Waals surface area contributed by atoms with Gasteiger partial charge in [-0.2, -0.15) is 0 Å². The first-order chi connectivity index (χ1) is 8.06. The Kier molecular flexibility index (Phi) is 5.31. The Morgan fingerprint density at radius 3 is 2.71 bits per heavy atom. The SMILES string of the molecule is C=C(Br)C(=N)c1ccc(OCCOC)cc1F. The number of halogens is 2. The fraction of sp³-hybridized carbons (Fsp3) is 0.250. The van der Waals surface area contributed by atoms with Gasteiger partial charge in [0, 0.05) is 23.2 Å². The van der Waals surface area contributed by atoms with Crippen LogP contribution in [-0.2, 0) is 4.74 Å². The van der Waals surface area contributed by atoms with E-state index in [1.807, 2.05) is 0 Å². The molecule has 0 aliphatic carbocycles. The summed E-state index contributed by atoms with van der Waals surface area (Å²) in [6.07, 6.45) is 0. The lowest BCUT2D eigenvalue weighted by Crippen LogP contribution is -2.06. The lowest BCUT2D eigenvalue weighted by molar-refractivity contribution is 0.146. The van der Waals surface area contributed by atoms with Crippen LogP contribution in [0.4, 0.5) is 4.39 Å². The van der Waals surface area contributed by atoms with E-state index in [1.54, 1.807) is 13.2 Å². The third kappa shape index (κ3) is 3.94. The molecule has 0 amide bonds. The lowest BCUT2D eigenvalue weighted by Gasteiger charge is -2.08. The molecule has 92 valence electrons. The molecule has 17 heavy (non-hydrogen) atoms. The van der Waals surface area contributed by atoms with Crippen LogP contribution in [-0.4, -0.2) is 26.0 Å². The summed E-state index contributed by atoms with van der Waals surface area (Å²) in [5, 5.41) is 7.62. The van der Waals surface area contributed by atoms with Crippen LogP contribution in [0, 0.1) is 11.2 Å². The van der Waals surface area contributed by atoms with E-state index in [1.165, 1.54) is 12.1 Å². The monoisotopic (exact) mass is 301 g/mol. The van der Waals surface area contributed by atoms with Gasteiger partial charge < -0.3 is 9.47 Å². The summed E-state index contributed by atoms with van der Waals surface area (Å²) in [4.78, 5) is 0. The van der Waals surface area contributed by atoms with Gasteiger partial charge in [0.1, 0.15) is 18.2 Å². The molecule has 1 N–H and O–H groups in total. The summed E-state index contributed by atoms with van der Waals surface area (Å²) in [5.74, 6) is -0.0956. The predicted octanol–water partition coefficient (Wildman–Crippen LogP) is 3.13. The van der Waals surface area contributed by atoms with Crippen LogP contribution in [0.25, 0.3) is 0 Å². The molecule has 0 aliphatic heterocycles. The second-order valence-corrected chi connectivity index (χ2v) is 4.22. The first-order valence-electron chi connectivity index (χ1n) is 4.91. The van der Waals surface area contributed by atoms with E-state index in [2.05, 4.69) is 22.5 Å². The van der Waals surface area contributed by atoms with Crippen LogP contribution >= 0.6 is 15.9 Å². The van der Waals surface area contributed by atoms with Gasteiger partial charge in [0.2, 0.25) is 0 Å². The van der Waals surface area contributed by atoms with Crippen LogP contribution in [0.5, 0.6) is 5.75 Å². The second kappa shape index (κ2) is 6.51. The number of ether oxygens (including phenoxy) is 2. The van der Waals surface area contributed by atoms with Gasteiger partial charge in [-0.05, 0) is 28.1 Å². The molecule has 0 aliphatic rings. The van der Waals surface area contributed by atoms with Crippen LogP contribution < -0.4 is 4.74 Å². The molecule has 1 rings (SSSR count). The summed E-state index contributed by atoms with van der Waals surface area (Å²) in [5.41, 5.74) is 0.205. The van der Waals surface area contributed by atoms with Gasteiger partial charge in [0.05, 0.1) is 12.3 Å². The highest BCUT2D eigenvalue weighted by Crippen LogP contribution is 2.20. The Hall–Kier alpha value is -1.20. The summed E-state index contributed by atoms with van der Waals surface area (Å²) >= 11 is 3.05. The molecule has 1 aromatic carbocycles. The van der Waals surface area contributed by atoms with E-state index in [0.717, 1.165) is 0 Å². The maximum absolute atomic E-state index is 13.7. The Labute approximate surface area is 108 Å². The lowest BCUT2D eigenvalue weighted by atomic mass is 10.1. The smallest absolute Gasteiger partial charge is 0.136 e. The third-order valence-corrected chi connectivity index (χ3v) is 2.43. The van der Waals surface area contributed by atoms with Crippen molar-refractivity contribution in [1.82, 2.24) is 0 Å². The van der Waals surface area contributed by atoms with Crippen molar-refractivity contribution < 1.29 is 13.9 Å². The minimum atomic E-state index is -0.509. The predicted molar refractivity (Wildman–Crippen MR) is 68.7 cm³/mol. The van der Waals surface area contributed by atoms with Crippen LogP contribution in [0.1, 0.15) is 5.56 Å². The van der Waals surface area contributed by atoms with Gasteiger partial charge in [-0.1, -0.05) is 6.58 Å². The first kappa shape index (κ1) is 13.9. The number of benzene rings is 1. The molecule has 5 heteroatoms. The average molecular weight is 302 g/mol. The molecule has 0 spiro atoms. The summed E-state index contributed by atoms with van der Waals surface area (Å²) in [6.45, 7) is 4.33. The number of methoxy groups -OCH3 is 1. The molecule has 3 nitrogen and oxygen atoms in total. The van der Waals surface area contributed by atoms with Crippen molar-refractivity contribution in [1.29, 1.82) is 5.41 Å². The fourth-order valence-corrected chi connectivity index (χ4v) is 1.39. The van der Waals surface area contributed by atoms with Gasteiger partial charge in [-0.25, -0.2) is 4.39 Å². The summed E-state index contributed by atoms with van der Waals surface area (Å²) < 4.78 is 24.1. The maximum Gasteiger partial charge on any atom is 0.136 e. The van der Waals surface area contributed by atoms with E-state index < -0.39 is 5.82 Å². The summed E-state index contributed by atoms with van der Waals surface area (Å²) in [7, 11) is 1.57. The van der Waals surface area contributed by atoms with Gasteiger partial charge in [0.25, 0.3) is 0 Å². The minimum absolute atomic E-state index is 0.0194. The molecular weight excluding hydrogens is 289 g/mol. The van der Waals surface area contributed by atoms with E-state index >= 15 is 0 Å². The van der Waals surface area contributed by atoms with E-state index in [9.17, 15) is 4.39 Å². The molecule has 0 fully saturated rings. The number of hydrogen-bond donors (Lipinski definition) is 1. The van der Waals surface area contributed by atoms with Gasteiger partial charge in [0.15, 0.2) is 0 Å². The van der Waals surface area contributed by atoms with Crippen molar-refractivity contribution in [2.75, 3.05) is 20.3 Å². The Bertz CT molecular complexity index is 435. The zero-order valence-electron chi connectivity index (χ0n) is 9.43. The van der Waals surface area contributed by atoms with Crippen LogP contribution in [0.15, 0.2) is 29.3 Å². The molecule has 0 atom stereocenters. The minimum Gasteiger partial charge on any atom is -0.491 e. The normalized spacial score (nSPS) is 10.1. The number of allylic oxidation sites excluding steroid dienone is 1. The van der Waals surface area contributed by atoms with Crippen LogP contribution in [0.3, 0.4) is 0 Å². The largest absolute Gasteiger partial charge is 0.491 e. The molecular formula is C12H13BrFNO2. The van der Waals surface area contributed by atoms with Gasteiger partial charge in [-0.15, -0.1) is 0 Å². The Balaban J connectivity index is 2.79. The maximum atomic E-state index is 13.7. The fourth-order valence-electron chi connectivity index (χ4n) is 1.18. The number of hydrogen-bond acceptors (Lipinski definition) is 3. The first-order valence-corrected chi connectivity index (χ1v) is 5.70. The Morgan fingerprint density at radius 2 is 2.18 bits per heavy atom. The molecule has 0 saturated heterocycles. The zero-order valence-corrected chi connectivity index (χ0v) is 11.0. The molecule has 0 radical (unpaired) electrons. The van der Waals surface area contributed by atoms with Crippen molar-refractivity contribution in [2.45, 2.75) is 0 Å². The second-order valence-electron chi connectivity index (χ2n) is 3.26. The molecule has 1 aromatic rings. The standard InChI is InChI=1S/C12H13BrFNO2/c1-8(13)12(15)10-4-3-9(7-11(10)14)17-6-5-16-2/h3-4,7,15H,1,5-6H2,2H3. The van der Waals surface area contributed by atoms with Crippen LogP contribution in [0.2, 0.25) is 0 Å². The van der Waals surface area contributed by atoms with E-state index in [-0.39, 0.29) is 11.3 Å². The molecule has 0 bridgehead atoms.